The van der Waals surface area contributed by atoms with Gasteiger partial charge in [-0.1, -0.05) is 12.8 Å². The lowest BCUT2D eigenvalue weighted by molar-refractivity contribution is 0.0951. The minimum Gasteiger partial charge on any atom is -0.352 e. The quantitative estimate of drug-likeness (QED) is 0.637. The van der Waals surface area contributed by atoms with E-state index in [4.69, 9.17) is 0 Å². The van der Waals surface area contributed by atoms with Crippen LogP contribution < -0.4 is 5.32 Å². The van der Waals surface area contributed by atoms with Crippen molar-refractivity contribution in [2.45, 2.75) is 25.7 Å². The summed E-state index contributed by atoms with van der Waals surface area (Å²) in [4.78, 5) is 11.6. The van der Waals surface area contributed by atoms with Crippen LogP contribution in [0.4, 0.5) is 13.2 Å². The Labute approximate surface area is 103 Å². The number of amides is 1. The van der Waals surface area contributed by atoms with Crippen molar-refractivity contribution in [1.82, 2.24) is 5.32 Å². The van der Waals surface area contributed by atoms with Gasteiger partial charge in [0.2, 0.25) is 0 Å². The molecule has 5 heteroatoms. The summed E-state index contributed by atoms with van der Waals surface area (Å²) in [5.41, 5.74) is -0.196. The van der Waals surface area contributed by atoms with Gasteiger partial charge in [0.15, 0.2) is 17.5 Å². The molecule has 0 aliphatic heterocycles. The smallest absolute Gasteiger partial charge is 0.251 e. The average Bonchev–Trinajstić information content (AvgIpc) is 3.14. The summed E-state index contributed by atoms with van der Waals surface area (Å²) in [6.45, 7) is 0.468. The molecule has 98 valence electrons. The number of rotatable bonds is 5. The highest BCUT2D eigenvalue weighted by molar-refractivity contribution is 5.94. The molecule has 0 saturated heterocycles. The zero-order valence-electron chi connectivity index (χ0n) is 9.81. The molecule has 1 aliphatic rings. The van der Waals surface area contributed by atoms with E-state index >= 15 is 0 Å². The molecular formula is C13H14F3NO. The van der Waals surface area contributed by atoms with E-state index in [0.29, 0.717) is 18.7 Å². The number of hydrogen-bond donors (Lipinski definition) is 1. The van der Waals surface area contributed by atoms with Gasteiger partial charge in [-0.3, -0.25) is 4.79 Å². The van der Waals surface area contributed by atoms with Crippen molar-refractivity contribution >= 4 is 5.91 Å². The molecule has 0 radical (unpaired) electrons. The van der Waals surface area contributed by atoms with E-state index in [1.54, 1.807) is 0 Å². The fourth-order valence-electron chi connectivity index (χ4n) is 1.79. The molecule has 1 saturated carbocycles. The van der Waals surface area contributed by atoms with Crippen LogP contribution in [0, 0.1) is 23.4 Å². The molecule has 0 aromatic heterocycles. The summed E-state index contributed by atoms with van der Waals surface area (Å²) in [6.07, 6.45) is 4.42. The first-order chi connectivity index (χ1) is 8.58. The number of benzene rings is 1. The Bertz CT molecular complexity index is 435. The van der Waals surface area contributed by atoms with Gasteiger partial charge in [-0.2, -0.15) is 0 Å². The van der Waals surface area contributed by atoms with Crippen LogP contribution in [0.2, 0.25) is 0 Å². The Hall–Kier alpha value is -1.52. The van der Waals surface area contributed by atoms with E-state index in [0.717, 1.165) is 18.8 Å². The molecule has 1 aliphatic carbocycles. The topological polar surface area (TPSA) is 29.1 Å². The minimum atomic E-state index is -1.56. The number of carbonyl (C=O) groups is 1. The molecular weight excluding hydrogens is 243 g/mol. The monoisotopic (exact) mass is 257 g/mol. The number of nitrogens with one attached hydrogen (secondary N) is 1. The first-order valence-electron chi connectivity index (χ1n) is 6.00. The number of carbonyl (C=O) groups excluding carboxylic acids is 1. The van der Waals surface area contributed by atoms with Crippen LogP contribution in [-0.4, -0.2) is 12.5 Å². The predicted molar refractivity (Wildman–Crippen MR) is 60.6 cm³/mol. The lowest BCUT2D eigenvalue weighted by atomic mass is 10.2. The summed E-state index contributed by atoms with van der Waals surface area (Å²) in [5, 5.41) is 2.56. The molecule has 18 heavy (non-hydrogen) atoms. The lowest BCUT2D eigenvalue weighted by Gasteiger charge is -2.05. The summed E-state index contributed by atoms with van der Waals surface area (Å²) in [6, 6.07) is 1.41. The second kappa shape index (κ2) is 5.42. The highest BCUT2D eigenvalue weighted by Crippen LogP contribution is 2.33. The van der Waals surface area contributed by atoms with Crippen LogP contribution in [0.5, 0.6) is 0 Å². The third kappa shape index (κ3) is 3.24. The van der Waals surface area contributed by atoms with E-state index in [-0.39, 0.29) is 5.56 Å². The SMILES string of the molecule is O=C(NCCCC1CC1)c1cc(F)c(F)c(F)c1. The summed E-state index contributed by atoms with van der Waals surface area (Å²) in [5.74, 6) is -4.05. The summed E-state index contributed by atoms with van der Waals surface area (Å²) in [7, 11) is 0. The third-order valence-electron chi connectivity index (χ3n) is 3.02. The van der Waals surface area contributed by atoms with Crippen molar-refractivity contribution in [3.05, 3.63) is 35.1 Å². The van der Waals surface area contributed by atoms with E-state index in [1.165, 1.54) is 12.8 Å². The first-order valence-corrected chi connectivity index (χ1v) is 6.00. The maximum absolute atomic E-state index is 12.9. The summed E-state index contributed by atoms with van der Waals surface area (Å²) >= 11 is 0. The number of halogens is 3. The van der Waals surface area contributed by atoms with Crippen molar-refractivity contribution in [3.63, 3.8) is 0 Å². The zero-order chi connectivity index (χ0) is 13.1. The Morgan fingerprint density at radius 3 is 2.39 bits per heavy atom. The highest BCUT2D eigenvalue weighted by atomic mass is 19.2. The van der Waals surface area contributed by atoms with Gasteiger partial charge in [0.05, 0.1) is 0 Å². The van der Waals surface area contributed by atoms with Gasteiger partial charge < -0.3 is 5.32 Å². The normalized spacial score (nSPS) is 14.6. The first kappa shape index (κ1) is 12.9. The molecule has 1 aromatic carbocycles. The Kier molecular flexibility index (Phi) is 3.89. The van der Waals surface area contributed by atoms with Crippen molar-refractivity contribution in [1.29, 1.82) is 0 Å². The van der Waals surface area contributed by atoms with Crippen LogP contribution in [0.15, 0.2) is 12.1 Å². The molecule has 0 unspecified atom stereocenters. The van der Waals surface area contributed by atoms with E-state index in [2.05, 4.69) is 5.32 Å². The van der Waals surface area contributed by atoms with E-state index in [1.807, 2.05) is 0 Å². The Morgan fingerprint density at radius 2 is 1.83 bits per heavy atom. The van der Waals surface area contributed by atoms with Crippen molar-refractivity contribution in [2.75, 3.05) is 6.54 Å². The van der Waals surface area contributed by atoms with Gasteiger partial charge in [0, 0.05) is 12.1 Å². The molecule has 0 heterocycles. The van der Waals surface area contributed by atoms with Crippen molar-refractivity contribution in [2.24, 2.45) is 5.92 Å². The molecule has 0 bridgehead atoms. The fraction of sp³-hybridized carbons (Fsp3) is 0.462. The van der Waals surface area contributed by atoms with Gasteiger partial charge >= 0.3 is 0 Å². The van der Waals surface area contributed by atoms with Crippen LogP contribution in [-0.2, 0) is 0 Å². The molecule has 2 rings (SSSR count). The van der Waals surface area contributed by atoms with E-state index in [9.17, 15) is 18.0 Å². The number of hydrogen-bond acceptors (Lipinski definition) is 1. The van der Waals surface area contributed by atoms with Crippen LogP contribution in [0.1, 0.15) is 36.0 Å². The molecule has 1 N–H and O–H groups in total. The van der Waals surface area contributed by atoms with Crippen molar-refractivity contribution in [3.8, 4) is 0 Å². The predicted octanol–water partition coefficient (Wildman–Crippen LogP) is 3.02. The molecule has 2 nitrogen and oxygen atoms in total. The largest absolute Gasteiger partial charge is 0.352 e. The molecule has 1 aromatic rings. The highest BCUT2D eigenvalue weighted by Gasteiger charge is 2.20. The zero-order valence-corrected chi connectivity index (χ0v) is 9.81. The van der Waals surface area contributed by atoms with Crippen LogP contribution in [0.25, 0.3) is 0 Å². The third-order valence-corrected chi connectivity index (χ3v) is 3.02. The maximum Gasteiger partial charge on any atom is 0.251 e. The van der Waals surface area contributed by atoms with Gasteiger partial charge in [0.1, 0.15) is 0 Å². The van der Waals surface area contributed by atoms with Crippen LogP contribution in [0.3, 0.4) is 0 Å². The maximum atomic E-state index is 12.9. The van der Waals surface area contributed by atoms with Crippen molar-refractivity contribution < 1.29 is 18.0 Å². The second-order valence-electron chi connectivity index (χ2n) is 4.60. The lowest BCUT2D eigenvalue weighted by Crippen LogP contribution is -2.25. The van der Waals surface area contributed by atoms with Gasteiger partial charge in [-0.25, -0.2) is 13.2 Å². The molecule has 0 atom stereocenters. The Morgan fingerprint density at radius 1 is 1.22 bits per heavy atom. The fourth-order valence-corrected chi connectivity index (χ4v) is 1.79. The van der Waals surface area contributed by atoms with Gasteiger partial charge in [0.25, 0.3) is 5.91 Å². The van der Waals surface area contributed by atoms with Crippen LogP contribution >= 0.6 is 0 Å². The molecule has 1 fully saturated rings. The Balaban J connectivity index is 1.87. The molecule has 0 spiro atoms. The average molecular weight is 257 g/mol. The second-order valence-corrected chi connectivity index (χ2v) is 4.60. The molecule has 1 amide bonds. The summed E-state index contributed by atoms with van der Waals surface area (Å²) < 4.78 is 38.5. The minimum absolute atomic E-state index is 0.196. The van der Waals surface area contributed by atoms with E-state index < -0.39 is 23.4 Å². The van der Waals surface area contributed by atoms with Gasteiger partial charge in [-0.15, -0.1) is 0 Å². The standard InChI is InChI=1S/C13H14F3NO/c14-10-6-9(7-11(15)12(10)16)13(18)17-5-1-2-8-3-4-8/h6-8H,1-5H2,(H,17,18). The van der Waals surface area contributed by atoms with Gasteiger partial charge in [-0.05, 0) is 30.9 Å².